The van der Waals surface area contributed by atoms with Gasteiger partial charge in [-0.15, -0.1) is 0 Å². The van der Waals surface area contributed by atoms with E-state index in [1.807, 2.05) is 48.5 Å². The molecule has 1 aliphatic heterocycles. The highest BCUT2D eigenvalue weighted by Crippen LogP contribution is 2.35. The van der Waals surface area contributed by atoms with Gasteiger partial charge in [0.25, 0.3) is 5.91 Å². The van der Waals surface area contributed by atoms with Crippen molar-refractivity contribution < 1.29 is 9.53 Å². The number of fused-ring (bicyclic) bond motifs is 1. The van der Waals surface area contributed by atoms with Crippen LogP contribution in [0.1, 0.15) is 21.9 Å². The second kappa shape index (κ2) is 6.55. The molecule has 0 spiro atoms. The quantitative estimate of drug-likeness (QED) is 0.433. The second-order valence-electron chi connectivity index (χ2n) is 6.63. The lowest BCUT2D eigenvalue weighted by atomic mass is 10.1. The van der Waals surface area contributed by atoms with Gasteiger partial charge in [-0.1, -0.05) is 36.1 Å². The van der Waals surface area contributed by atoms with Gasteiger partial charge >= 0.3 is 0 Å². The van der Waals surface area contributed by atoms with Gasteiger partial charge in [-0.2, -0.15) is 5.10 Å². The molecule has 0 radical (unpaired) electrons. The molecule has 0 aliphatic carbocycles. The fourth-order valence-corrected chi connectivity index (χ4v) is 3.17. The van der Waals surface area contributed by atoms with Crippen LogP contribution in [0.25, 0.3) is 16.6 Å². The first kappa shape index (κ1) is 17.1. The number of carbonyl (C=O) groups excluding carboxylic acids is 1. The molecular weight excluding hydrogens is 366 g/mol. The summed E-state index contributed by atoms with van der Waals surface area (Å²) in [5, 5.41) is 5.13. The zero-order valence-electron chi connectivity index (χ0n) is 15.2. The van der Waals surface area contributed by atoms with Gasteiger partial charge in [0.2, 0.25) is 5.60 Å². The van der Waals surface area contributed by atoms with Gasteiger partial charge in [-0.05, 0) is 30.3 Å². The lowest BCUT2D eigenvalue weighted by Crippen LogP contribution is -2.12. The summed E-state index contributed by atoms with van der Waals surface area (Å²) in [6, 6.07) is 16.8. The SMILES string of the molecule is NC(=O)c1nn(-c2cccc(C#CC3(c4ncccn4)CO3)c2)c2ccccc12. The average Bonchev–Trinajstić information content (AvgIpc) is 3.46. The molecule has 1 amide bonds. The highest BCUT2D eigenvalue weighted by molar-refractivity contribution is 6.04. The Labute approximate surface area is 166 Å². The largest absolute Gasteiger partial charge is 0.364 e. The van der Waals surface area contributed by atoms with Crippen molar-refractivity contribution in [1.82, 2.24) is 19.7 Å². The molecule has 29 heavy (non-hydrogen) atoms. The Balaban J connectivity index is 1.54. The summed E-state index contributed by atoms with van der Waals surface area (Å²) in [5.41, 5.74) is 7.36. The van der Waals surface area contributed by atoms with E-state index in [4.69, 9.17) is 10.5 Å². The van der Waals surface area contributed by atoms with Crippen molar-refractivity contribution in [2.75, 3.05) is 6.61 Å². The molecule has 1 unspecified atom stereocenters. The highest BCUT2D eigenvalue weighted by Gasteiger charge is 2.48. The summed E-state index contributed by atoms with van der Waals surface area (Å²) >= 11 is 0. The van der Waals surface area contributed by atoms with Gasteiger partial charge in [0.15, 0.2) is 11.5 Å². The number of epoxide rings is 1. The van der Waals surface area contributed by atoms with E-state index in [-0.39, 0.29) is 5.69 Å². The molecule has 4 aromatic rings. The molecule has 1 saturated heterocycles. The minimum atomic E-state index is -0.741. The molecular formula is C22H15N5O2. The van der Waals surface area contributed by atoms with Gasteiger partial charge in [-0.25, -0.2) is 14.6 Å². The first-order valence-corrected chi connectivity index (χ1v) is 8.99. The molecule has 0 bridgehead atoms. The van der Waals surface area contributed by atoms with Crippen molar-refractivity contribution in [3.8, 4) is 17.5 Å². The van der Waals surface area contributed by atoms with Crippen LogP contribution in [0.3, 0.4) is 0 Å². The van der Waals surface area contributed by atoms with E-state index >= 15 is 0 Å². The van der Waals surface area contributed by atoms with E-state index in [1.165, 1.54) is 0 Å². The van der Waals surface area contributed by atoms with Crippen LogP contribution in [0.5, 0.6) is 0 Å². The Morgan fingerprint density at radius 1 is 1.10 bits per heavy atom. The third-order valence-electron chi connectivity index (χ3n) is 4.68. The minimum Gasteiger partial charge on any atom is -0.364 e. The van der Waals surface area contributed by atoms with Crippen molar-refractivity contribution in [3.05, 3.63) is 84.1 Å². The van der Waals surface area contributed by atoms with E-state index in [0.717, 1.165) is 16.8 Å². The molecule has 1 atom stereocenters. The van der Waals surface area contributed by atoms with Gasteiger partial charge < -0.3 is 10.5 Å². The number of nitrogens with two attached hydrogens (primary N) is 1. The Morgan fingerprint density at radius 3 is 2.66 bits per heavy atom. The first-order chi connectivity index (χ1) is 14.2. The Morgan fingerprint density at radius 2 is 1.90 bits per heavy atom. The number of nitrogens with zero attached hydrogens (tertiary/aromatic N) is 4. The Kier molecular flexibility index (Phi) is 3.86. The van der Waals surface area contributed by atoms with Crippen molar-refractivity contribution in [2.24, 2.45) is 5.73 Å². The standard InChI is InChI=1S/C22H15N5O2/c23-20(28)19-17-7-1-2-8-18(17)27(26-19)16-6-3-5-15(13-16)9-10-22(14-29-22)21-24-11-4-12-25-21/h1-8,11-13H,14H2,(H2,23,28). The number of rotatable bonds is 3. The predicted molar refractivity (Wildman–Crippen MR) is 106 cm³/mol. The van der Waals surface area contributed by atoms with E-state index in [1.54, 1.807) is 23.1 Å². The van der Waals surface area contributed by atoms with Crippen molar-refractivity contribution >= 4 is 16.8 Å². The summed E-state index contributed by atoms with van der Waals surface area (Å²) < 4.78 is 7.24. The summed E-state index contributed by atoms with van der Waals surface area (Å²) in [5.74, 6) is 6.29. The summed E-state index contributed by atoms with van der Waals surface area (Å²) in [7, 11) is 0. The molecule has 2 aromatic heterocycles. The molecule has 2 aromatic carbocycles. The van der Waals surface area contributed by atoms with Gasteiger partial charge in [0.1, 0.15) is 0 Å². The van der Waals surface area contributed by atoms with Crippen LogP contribution in [0.2, 0.25) is 0 Å². The zero-order chi connectivity index (χ0) is 19.8. The number of carbonyl (C=O) groups is 1. The maximum atomic E-state index is 11.8. The average molecular weight is 381 g/mol. The summed E-state index contributed by atoms with van der Waals surface area (Å²) in [6.45, 7) is 0.468. The second-order valence-corrected chi connectivity index (χ2v) is 6.63. The molecule has 5 rings (SSSR count). The Bertz CT molecular complexity index is 1300. The van der Waals surface area contributed by atoms with Gasteiger partial charge in [0.05, 0.1) is 17.8 Å². The number of hydrogen-bond donors (Lipinski definition) is 1. The van der Waals surface area contributed by atoms with Crippen LogP contribution >= 0.6 is 0 Å². The highest BCUT2D eigenvalue weighted by atomic mass is 16.6. The molecule has 7 nitrogen and oxygen atoms in total. The zero-order valence-corrected chi connectivity index (χ0v) is 15.2. The van der Waals surface area contributed by atoms with E-state index in [9.17, 15) is 4.79 Å². The third-order valence-corrected chi connectivity index (χ3v) is 4.68. The molecule has 7 heteroatoms. The van der Waals surface area contributed by atoms with Crippen LogP contribution in [0, 0.1) is 11.8 Å². The van der Waals surface area contributed by atoms with Crippen LogP contribution in [0.15, 0.2) is 67.0 Å². The molecule has 1 fully saturated rings. The van der Waals surface area contributed by atoms with E-state index in [2.05, 4.69) is 26.9 Å². The predicted octanol–water partition coefficient (Wildman–Crippen LogP) is 2.19. The lowest BCUT2D eigenvalue weighted by Gasteiger charge is -2.04. The normalized spacial score (nSPS) is 17.5. The van der Waals surface area contributed by atoms with E-state index < -0.39 is 11.5 Å². The number of primary amides is 1. The maximum Gasteiger partial charge on any atom is 0.269 e. The smallest absolute Gasteiger partial charge is 0.269 e. The monoisotopic (exact) mass is 381 g/mol. The van der Waals surface area contributed by atoms with Crippen LogP contribution < -0.4 is 5.73 Å². The van der Waals surface area contributed by atoms with E-state index in [0.29, 0.717) is 17.8 Å². The first-order valence-electron chi connectivity index (χ1n) is 8.99. The van der Waals surface area contributed by atoms with Crippen LogP contribution in [-0.4, -0.2) is 32.3 Å². The molecule has 0 saturated carbocycles. The lowest BCUT2D eigenvalue weighted by molar-refractivity contribution is 0.0996. The summed E-state index contributed by atoms with van der Waals surface area (Å²) in [6.07, 6.45) is 3.35. The number of amides is 1. The number of para-hydroxylation sites is 1. The molecule has 2 N–H and O–H groups in total. The van der Waals surface area contributed by atoms with Gasteiger partial charge in [0, 0.05) is 23.3 Å². The third kappa shape index (κ3) is 3.02. The van der Waals surface area contributed by atoms with Crippen molar-refractivity contribution in [3.63, 3.8) is 0 Å². The van der Waals surface area contributed by atoms with Crippen LogP contribution in [-0.2, 0) is 10.3 Å². The number of aromatic nitrogens is 4. The topological polar surface area (TPSA) is 99.2 Å². The Hall–Kier alpha value is -4.02. The molecule has 1 aliphatic rings. The fourth-order valence-electron chi connectivity index (χ4n) is 3.17. The molecule has 3 heterocycles. The molecule has 140 valence electrons. The van der Waals surface area contributed by atoms with Crippen LogP contribution in [0.4, 0.5) is 0 Å². The van der Waals surface area contributed by atoms with Gasteiger partial charge in [-0.3, -0.25) is 4.79 Å². The summed E-state index contributed by atoms with van der Waals surface area (Å²) in [4.78, 5) is 20.3. The van der Waals surface area contributed by atoms with Crippen molar-refractivity contribution in [2.45, 2.75) is 5.60 Å². The number of hydrogen-bond acceptors (Lipinski definition) is 5. The number of ether oxygens (including phenoxy) is 1. The maximum absolute atomic E-state index is 11.8. The fraction of sp³-hybridized carbons (Fsp3) is 0.0909. The minimum absolute atomic E-state index is 0.239. The number of benzene rings is 2. The van der Waals surface area contributed by atoms with Crippen molar-refractivity contribution in [1.29, 1.82) is 0 Å².